The van der Waals surface area contributed by atoms with Crippen LogP contribution in [-0.4, -0.2) is 26.3 Å². The normalized spacial score (nSPS) is 12.0. The van der Waals surface area contributed by atoms with Crippen molar-refractivity contribution < 1.29 is 32.4 Å². The van der Waals surface area contributed by atoms with Gasteiger partial charge in [0, 0.05) is 18.6 Å². The summed E-state index contributed by atoms with van der Waals surface area (Å²) in [6.45, 7) is 0.312. The number of carbonyl (C=O) groups excluding carboxylic acids is 1. The van der Waals surface area contributed by atoms with Gasteiger partial charge in [0.2, 0.25) is 11.2 Å². The van der Waals surface area contributed by atoms with Gasteiger partial charge in [-0.05, 0) is 30.3 Å². The molecule has 0 spiro atoms. The molecule has 2 heterocycles. The second-order valence-corrected chi connectivity index (χ2v) is 7.31. The van der Waals surface area contributed by atoms with E-state index in [4.69, 9.17) is 14.2 Å². The Hall–Kier alpha value is -3.58. The van der Waals surface area contributed by atoms with Crippen LogP contribution >= 0.6 is 0 Å². The van der Waals surface area contributed by atoms with E-state index in [-0.39, 0.29) is 18.8 Å². The lowest BCUT2D eigenvalue weighted by atomic mass is 9.95. The number of pyridine rings is 1. The second-order valence-electron chi connectivity index (χ2n) is 7.31. The highest BCUT2D eigenvalue weighted by Gasteiger charge is 2.32. The van der Waals surface area contributed by atoms with Gasteiger partial charge in [0.25, 0.3) is 0 Å². The van der Waals surface area contributed by atoms with E-state index in [1.807, 2.05) is 0 Å². The van der Waals surface area contributed by atoms with Gasteiger partial charge >= 0.3 is 5.97 Å². The number of halogens is 2. The fourth-order valence-electron chi connectivity index (χ4n) is 4.11. The second kappa shape index (κ2) is 7.28. The number of ether oxygens (including phenoxy) is 3. The molecule has 0 radical (unpaired) electrons. The number of aromatic nitrogens is 1. The summed E-state index contributed by atoms with van der Waals surface area (Å²) in [4.78, 5) is 12.4. The number of nitrogens with zero attached hydrogens (tertiary/aromatic N) is 1. The van der Waals surface area contributed by atoms with Crippen molar-refractivity contribution in [2.45, 2.75) is 0 Å². The smallest absolute Gasteiger partial charge is 0.338 e. The van der Waals surface area contributed by atoms with E-state index < -0.39 is 17.6 Å². The molecule has 3 aromatic carbocycles. The van der Waals surface area contributed by atoms with Gasteiger partial charge in [0.05, 0.1) is 28.5 Å². The van der Waals surface area contributed by atoms with Crippen molar-refractivity contribution in [3.8, 4) is 22.8 Å². The van der Waals surface area contributed by atoms with Crippen LogP contribution in [0.2, 0.25) is 0 Å². The highest BCUT2D eigenvalue weighted by atomic mass is 19.1. The minimum atomic E-state index is -0.643. The van der Waals surface area contributed by atoms with Crippen LogP contribution in [0, 0.1) is 11.6 Å². The monoisotopic (exact) mass is 422 g/mol. The molecule has 1 aliphatic heterocycles. The number of esters is 1. The SMILES string of the molecule is COCCOC(=O)c1cc(F)c2c3cccc4c3c([n+](C)c2c1)-c1cc(F)ccc1O4. The molecule has 0 N–H and O–H groups in total. The first-order valence-electron chi connectivity index (χ1n) is 9.71. The lowest BCUT2D eigenvalue weighted by molar-refractivity contribution is -0.632. The Morgan fingerprint density at radius 2 is 1.87 bits per heavy atom. The Bertz CT molecular complexity index is 1380. The Morgan fingerprint density at radius 1 is 1.03 bits per heavy atom. The van der Waals surface area contributed by atoms with E-state index in [1.54, 1.807) is 41.9 Å². The summed E-state index contributed by atoms with van der Waals surface area (Å²) in [7, 11) is 3.26. The summed E-state index contributed by atoms with van der Waals surface area (Å²) in [6, 6.07) is 12.4. The summed E-state index contributed by atoms with van der Waals surface area (Å²) < 4.78 is 47.2. The van der Waals surface area contributed by atoms with Gasteiger partial charge in [-0.1, -0.05) is 12.1 Å². The summed E-state index contributed by atoms with van der Waals surface area (Å²) in [5, 5.41) is 1.65. The van der Waals surface area contributed by atoms with E-state index in [1.165, 1.54) is 25.3 Å². The highest BCUT2D eigenvalue weighted by molar-refractivity contribution is 6.13. The van der Waals surface area contributed by atoms with Crippen molar-refractivity contribution in [3.63, 3.8) is 0 Å². The number of aryl methyl sites for hydroxylation is 1. The Morgan fingerprint density at radius 3 is 2.68 bits per heavy atom. The van der Waals surface area contributed by atoms with Crippen LogP contribution in [0.4, 0.5) is 8.78 Å². The van der Waals surface area contributed by atoms with Crippen molar-refractivity contribution in [2.75, 3.05) is 20.3 Å². The average molecular weight is 422 g/mol. The van der Waals surface area contributed by atoms with Gasteiger partial charge in [-0.25, -0.2) is 13.6 Å². The number of hydrogen-bond acceptors (Lipinski definition) is 4. The molecule has 0 bridgehead atoms. The standard InChI is InChI=1S/C24H18F2NO4/c1-27-18-11-13(24(28)30-9-8-29-2)10-17(26)21(18)15-4-3-5-20-22(15)23(27)16-12-14(25)6-7-19(16)31-20/h3-7,10-12H,8-9H2,1-2H3/q+1. The maximum atomic E-state index is 15.3. The maximum absolute atomic E-state index is 15.3. The van der Waals surface area contributed by atoms with E-state index in [9.17, 15) is 9.18 Å². The third kappa shape index (κ3) is 3.00. The Labute approximate surface area is 176 Å². The van der Waals surface area contributed by atoms with Crippen LogP contribution in [0.3, 0.4) is 0 Å². The Kier molecular flexibility index (Phi) is 4.55. The van der Waals surface area contributed by atoms with Crippen molar-refractivity contribution in [1.82, 2.24) is 0 Å². The molecule has 7 heteroatoms. The molecule has 0 atom stereocenters. The van der Waals surface area contributed by atoms with Crippen molar-refractivity contribution >= 4 is 27.6 Å². The minimum Gasteiger partial charge on any atom is -0.460 e. The molecular weight excluding hydrogens is 404 g/mol. The topological polar surface area (TPSA) is 48.6 Å². The first kappa shape index (κ1) is 19.4. The summed E-state index contributed by atoms with van der Waals surface area (Å²) in [5.41, 5.74) is 1.81. The quantitative estimate of drug-likeness (QED) is 0.183. The number of carbonyl (C=O) groups is 1. The molecule has 0 amide bonds. The number of fused-ring (bicyclic) bond motifs is 4. The predicted molar refractivity (Wildman–Crippen MR) is 110 cm³/mol. The molecule has 5 nitrogen and oxygen atoms in total. The van der Waals surface area contributed by atoms with Crippen LogP contribution in [0.1, 0.15) is 10.4 Å². The lowest BCUT2D eigenvalue weighted by Gasteiger charge is -2.20. The van der Waals surface area contributed by atoms with Crippen LogP contribution in [0.5, 0.6) is 11.5 Å². The Balaban J connectivity index is 1.82. The van der Waals surface area contributed by atoms with Crippen molar-refractivity contribution in [2.24, 2.45) is 7.05 Å². The lowest BCUT2D eigenvalue weighted by Crippen LogP contribution is -2.34. The summed E-state index contributed by atoms with van der Waals surface area (Å²) in [6.07, 6.45) is 0. The molecule has 1 aliphatic rings. The highest BCUT2D eigenvalue weighted by Crippen LogP contribution is 2.46. The van der Waals surface area contributed by atoms with E-state index in [2.05, 4.69) is 0 Å². The van der Waals surface area contributed by atoms with Gasteiger partial charge in [-0.15, -0.1) is 0 Å². The number of benzene rings is 3. The molecule has 0 saturated heterocycles. The molecule has 156 valence electrons. The van der Waals surface area contributed by atoms with Crippen molar-refractivity contribution in [1.29, 1.82) is 0 Å². The molecule has 0 unspecified atom stereocenters. The predicted octanol–water partition coefficient (Wildman–Crippen LogP) is 4.67. The minimum absolute atomic E-state index is 0.0669. The first-order valence-corrected chi connectivity index (χ1v) is 9.71. The third-order valence-electron chi connectivity index (χ3n) is 5.47. The van der Waals surface area contributed by atoms with E-state index in [0.29, 0.717) is 44.4 Å². The van der Waals surface area contributed by atoms with Crippen LogP contribution in [-0.2, 0) is 16.5 Å². The molecule has 31 heavy (non-hydrogen) atoms. The number of hydrogen-bond donors (Lipinski definition) is 0. The molecule has 4 aromatic rings. The van der Waals surface area contributed by atoms with Crippen LogP contribution in [0.15, 0.2) is 48.5 Å². The number of rotatable bonds is 4. The first-order chi connectivity index (χ1) is 15.0. The third-order valence-corrected chi connectivity index (χ3v) is 5.47. The zero-order valence-electron chi connectivity index (χ0n) is 16.9. The number of methoxy groups -OCH3 is 1. The molecule has 5 rings (SSSR count). The van der Waals surface area contributed by atoms with Gasteiger partial charge in [-0.2, -0.15) is 4.57 Å². The fraction of sp³-hybridized carbons (Fsp3) is 0.167. The molecule has 0 fully saturated rings. The molecular formula is C24H18F2NO4+. The van der Waals surface area contributed by atoms with Gasteiger partial charge in [0.15, 0.2) is 0 Å². The summed E-state index contributed by atoms with van der Waals surface area (Å²) in [5.74, 6) is -0.536. The van der Waals surface area contributed by atoms with E-state index >= 15 is 4.39 Å². The summed E-state index contributed by atoms with van der Waals surface area (Å²) >= 11 is 0. The van der Waals surface area contributed by atoms with Crippen LogP contribution < -0.4 is 9.30 Å². The van der Waals surface area contributed by atoms with Crippen molar-refractivity contribution in [3.05, 3.63) is 65.7 Å². The molecule has 1 aromatic heterocycles. The zero-order chi connectivity index (χ0) is 21.7. The fourth-order valence-corrected chi connectivity index (χ4v) is 4.11. The van der Waals surface area contributed by atoms with Gasteiger partial charge in [0.1, 0.15) is 36.8 Å². The molecule has 0 aliphatic carbocycles. The van der Waals surface area contributed by atoms with Gasteiger partial charge < -0.3 is 14.2 Å². The average Bonchev–Trinajstić information content (AvgIpc) is 2.76. The van der Waals surface area contributed by atoms with E-state index in [0.717, 1.165) is 0 Å². The zero-order valence-corrected chi connectivity index (χ0v) is 16.9. The van der Waals surface area contributed by atoms with Gasteiger partial charge in [-0.3, -0.25) is 0 Å². The van der Waals surface area contributed by atoms with Crippen LogP contribution in [0.25, 0.3) is 32.9 Å². The molecule has 0 saturated carbocycles. The largest absolute Gasteiger partial charge is 0.460 e. The maximum Gasteiger partial charge on any atom is 0.338 e.